The van der Waals surface area contributed by atoms with E-state index in [9.17, 15) is 8.42 Å². The number of sulfone groups is 1. The Kier molecular flexibility index (Phi) is 4.37. The summed E-state index contributed by atoms with van der Waals surface area (Å²) in [5.41, 5.74) is 2.32. The molecule has 0 heterocycles. The van der Waals surface area contributed by atoms with Crippen LogP contribution in [-0.4, -0.2) is 8.42 Å². The van der Waals surface area contributed by atoms with Crippen molar-refractivity contribution in [1.82, 2.24) is 0 Å². The third-order valence-corrected chi connectivity index (χ3v) is 4.49. The molecule has 0 N–H and O–H groups in total. The maximum atomic E-state index is 12.1. The van der Waals surface area contributed by atoms with Gasteiger partial charge >= 0.3 is 0 Å². The summed E-state index contributed by atoms with van der Waals surface area (Å²) in [5.74, 6) is -0.141. The van der Waals surface area contributed by atoms with Crippen molar-refractivity contribution >= 4 is 9.84 Å². The van der Waals surface area contributed by atoms with Crippen LogP contribution in [0.5, 0.6) is 0 Å². The van der Waals surface area contributed by atoms with E-state index < -0.39 is 9.84 Å². The largest absolute Gasteiger partial charge is 0.228 e. The van der Waals surface area contributed by atoms with Crippen molar-refractivity contribution in [2.45, 2.75) is 11.5 Å². The highest BCUT2D eigenvalue weighted by Crippen LogP contribution is 2.14. The van der Waals surface area contributed by atoms with E-state index in [-0.39, 0.29) is 11.5 Å². The molecule has 0 atom stereocenters. The van der Waals surface area contributed by atoms with E-state index in [0.29, 0.717) is 22.3 Å². The van der Waals surface area contributed by atoms with Crippen LogP contribution in [0.4, 0.5) is 0 Å². The Morgan fingerprint density at radius 3 is 1.33 bits per heavy atom. The third kappa shape index (κ3) is 4.17. The van der Waals surface area contributed by atoms with Crippen LogP contribution in [0.15, 0.2) is 48.5 Å². The van der Waals surface area contributed by atoms with E-state index in [1.165, 1.54) is 0 Å². The zero-order valence-electron chi connectivity index (χ0n) is 11.2. The molecule has 0 aromatic heterocycles. The molecule has 2 aromatic carbocycles. The lowest BCUT2D eigenvalue weighted by molar-refractivity contribution is 0.594. The van der Waals surface area contributed by atoms with Gasteiger partial charge in [0.25, 0.3) is 0 Å². The van der Waals surface area contributed by atoms with Crippen molar-refractivity contribution in [3.05, 3.63) is 70.8 Å². The number of nitriles is 2. The molecule has 2 aromatic rings. The molecule has 0 aliphatic heterocycles. The molecule has 0 saturated heterocycles. The summed E-state index contributed by atoms with van der Waals surface area (Å²) >= 11 is 0. The first kappa shape index (κ1) is 14.8. The zero-order chi connectivity index (χ0) is 15.3. The highest BCUT2D eigenvalue weighted by molar-refractivity contribution is 7.89. The van der Waals surface area contributed by atoms with Crippen LogP contribution >= 0.6 is 0 Å². The van der Waals surface area contributed by atoms with Gasteiger partial charge in [-0.05, 0) is 35.4 Å². The number of nitrogens with zero attached hydrogens (tertiary/aromatic N) is 2. The summed E-state index contributed by atoms with van der Waals surface area (Å²) in [6.45, 7) is 0. The van der Waals surface area contributed by atoms with E-state index in [1.807, 2.05) is 12.1 Å². The Hall–Kier alpha value is -2.63. The molecule has 0 radical (unpaired) electrons. The van der Waals surface area contributed by atoms with Crippen LogP contribution in [0, 0.1) is 22.7 Å². The van der Waals surface area contributed by atoms with E-state index in [2.05, 4.69) is 0 Å². The minimum atomic E-state index is -3.29. The Bertz CT molecular complexity index is 743. The average molecular weight is 296 g/mol. The third-order valence-electron chi connectivity index (χ3n) is 2.94. The maximum absolute atomic E-state index is 12.1. The van der Waals surface area contributed by atoms with Gasteiger partial charge in [-0.3, -0.25) is 0 Å². The van der Waals surface area contributed by atoms with Gasteiger partial charge in [0.05, 0.1) is 34.8 Å². The molecule has 0 unspecified atom stereocenters. The van der Waals surface area contributed by atoms with Gasteiger partial charge in [-0.1, -0.05) is 24.3 Å². The Balaban J connectivity index is 2.10. The van der Waals surface area contributed by atoms with Crippen LogP contribution in [0.3, 0.4) is 0 Å². The molecule has 5 heteroatoms. The quantitative estimate of drug-likeness (QED) is 0.868. The second-order valence-electron chi connectivity index (χ2n) is 4.65. The highest BCUT2D eigenvalue weighted by atomic mass is 32.2. The second-order valence-corrected chi connectivity index (χ2v) is 6.71. The van der Waals surface area contributed by atoms with E-state index in [1.54, 1.807) is 48.5 Å². The Morgan fingerprint density at radius 1 is 0.714 bits per heavy atom. The van der Waals surface area contributed by atoms with Gasteiger partial charge in [0, 0.05) is 0 Å². The van der Waals surface area contributed by atoms with Crippen LogP contribution < -0.4 is 0 Å². The molecule has 0 aliphatic carbocycles. The Morgan fingerprint density at radius 2 is 1.05 bits per heavy atom. The molecular formula is C16H12N2O2S. The fourth-order valence-electron chi connectivity index (χ4n) is 1.91. The molecule has 0 saturated carbocycles. The smallest absolute Gasteiger partial charge is 0.158 e. The fraction of sp³-hybridized carbons (Fsp3) is 0.125. The van der Waals surface area contributed by atoms with E-state index in [0.717, 1.165) is 0 Å². The minimum absolute atomic E-state index is 0.0707. The molecule has 0 aliphatic rings. The molecular weight excluding hydrogens is 284 g/mol. The maximum Gasteiger partial charge on any atom is 0.158 e. The summed E-state index contributed by atoms with van der Waals surface area (Å²) in [5, 5.41) is 17.4. The molecule has 0 fully saturated rings. The molecule has 21 heavy (non-hydrogen) atoms. The molecule has 4 nitrogen and oxygen atoms in total. The van der Waals surface area contributed by atoms with Crippen LogP contribution in [0.1, 0.15) is 22.3 Å². The van der Waals surface area contributed by atoms with Gasteiger partial charge in [-0.2, -0.15) is 10.5 Å². The molecule has 0 amide bonds. The monoisotopic (exact) mass is 296 g/mol. The SMILES string of the molecule is N#Cc1ccc(CS(=O)(=O)Cc2ccc(C#N)cc2)cc1. The first-order chi connectivity index (χ1) is 10.0. The van der Waals surface area contributed by atoms with E-state index in [4.69, 9.17) is 10.5 Å². The zero-order valence-corrected chi connectivity index (χ0v) is 12.0. The molecule has 0 bridgehead atoms. The predicted molar refractivity (Wildman–Crippen MR) is 78.6 cm³/mol. The van der Waals surface area contributed by atoms with Gasteiger partial charge in [-0.25, -0.2) is 8.42 Å². The highest BCUT2D eigenvalue weighted by Gasteiger charge is 2.13. The predicted octanol–water partition coefficient (Wildman–Crippen LogP) is 2.54. The van der Waals surface area contributed by atoms with Gasteiger partial charge in [-0.15, -0.1) is 0 Å². The van der Waals surface area contributed by atoms with Gasteiger partial charge in [0.15, 0.2) is 9.84 Å². The summed E-state index contributed by atoms with van der Waals surface area (Å²) < 4.78 is 24.3. The minimum Gasteiger partial charge on any atom is -0.228 e. The topological polar surface area (TPSA) is 81.7 Å². The molecule has 104 valence electrons. The van der Waals surface area contributed by atoms with E-state index >= 15 is 0 Å². The summed E-state index contributed by atoms with van der Waals surface area (Å²) in [6, 6.07) is 17.0. The summed E-state index contributed by atoms with van der Waals surface area (Å²) in [6.07, 6.45) is 0. The van der Waals surface area contributed by atoms with Crippen LogP contribution in [-0.2, 0) is 21.3 Å². The van der Waals surface area contributed by atoms with Gasteiger partial charge in [0.2, 0.25) is 0 Å². The first-order valence-corrected chi connectivity index (χ1v) is 8.03. The van der Waals surface area contributed by atoms with Crippen molar-refractivity contribution in [3.63, 3.8) is 0 Å². The lowest BCUT2D eigenvalue weighted by Crippen LogP contribution is -2.07. The second kappa shape index (κ2) is 6.21. The Labute approximate surface area is 123 Å². The van der Waals surface area contributed by atoms with Crippen molar-refractivity contribution < 1.29 is 8.42 Å². The van der Waals surface area contributed by atoms with Gasteiger partial charge in [0.1, 0.15) is 0 Å². The lowest BCUT2D eigenvalue weighted by Gasteiger charge is -2.05. The number of hydrogen-bond acceptors (Lipinski definition) is 4. The molecule has 0 spiro atoms. The number of hydrogen-bond donors (Lipinski definition) is 0. The van der Waals surface area contributed by atoms with Crippen LogP contribution in [0.25, 0.3) is 0 Å². The summed E-state index contributed by atoms with van der Waals surface area (Å²) in [7, 11) is -3.29. The van der Waals surface area contributed by atoms with Gasteiger partial charge < -0.3 is 0 Å². The van der Waals surface area contributed by atoms with Crippen molar-refractivity contribution in [2.24, 2.45) is 0 Å². The standard InChI is InChI=1S/C16H12N2O2S/c17-9-13-1-5-15(6-2-13)11-21(19,20)12-16-7-3-14(10-18)4-8-16/h1-8H,11-12H2. The average Bonchev–Trinajstić information content (AvgIpc) is 2.48. The fourth-order valence-corrected chi connectivity index (χ4v) is 3.41. The lowest BCUT2D eigenvalue weighted by atomic mass is 10.2. The normalized spacial score (nSPS) is 10.6. The van der Waals surface area contributed by atoms with Crippen LogP contribution in [0.2, 0.25) is 0 Å². The number of rotatable bonds is 4. The number of benzene rings is 2. The van der Waals surface area contributed by atoms with Crippen molar-refractivity contribution in [2.75, 3.05) is 0 Å². The van der Waals surface area contributed by atoms with Crippen molar-refractivity contribution in [3.8, 4) is 12.1 Å². The summed E-state index contributed by atoms with van der Waals surface area (Å²) in [4.78, 5) is 0. The van der Waals surface area contributed by atoms with Crippen molar-refractivity contribution in [1.29, 1.82) is 10.5 Å². The molecule has 2 rings (SSSR count). The first-order valence-electron chi connectivity index (χ1n) is 6.21.